The molecule has 0 bridgehead atoms. The molecule has 1 heteroatoms. The van der Waals surface area contributed by atoms with Crippen LogP contribution in [0.15, 0.2) is 52.1 Å². The summed E-state index contributed by atoms with van der Waals surface area (Å²) in [6, 6.07) is 0. The van der Waals surface area contributed by atoms with E-state index in [1.165, 1.54) is 23.1 Å². The summed E-state index contributed by atoms with van der Waals surface area (Å²) in [5, 5.41) is 0. The third kappa shape index (κ3) is 7.61. The number of hydrogen-bond donors (Lipinski definition) is 0. The van der Waals surface area contributed by atoms with Gasteiger partial charge in [-0.05, 0) is 50.8 Å². The van der Waals surface area contributed by atoms with Crippen molar-refractivity contribution in [1.82, 2.24) is 0 Å². The average Bonchev–Trinajstić information content (AvgIpc) is 2.40. The van der Waals surface area contributed by atoms with Gasteiger partial charge in [-0.25, -0.2) is 0 Å². The molecule has 0 rings (SSSR count). The Morgan fingerprint density at radius 3 is 2.26 bits per heavy atom. The van der Waals surface area contributed by atoms with Crippen molar-refractivity contribution in [1.29, 1.82) is 0 Å². The van der Waals surface area contributed by atoms with E-state index >= 15 is 0 Å². The van der Waals surface area contributed by atoms with Crippen LogP contribution in [0.1, 0.15) is 53.9 Å². The van der Waals surface area contributed by atoms with Crippen LogP contribution in [0.5, 0.6) is 0 Å². The number of nitrogens with zero attached hydrogens (tertiary/aromatic N) is 1. The summed E-state index contributed by atoms with van der Waals surface area (Å²) in [6.45, 7) is 10.7. The second-order valence-corrected chi connectivity index (χ2v) is 4.78. The average molecular weight is 259 g/mol. The van der Waals surface area contributed by atoms with Crippen LogP contribution in [0.2, 0.25) is 0 Å². The van der Waals surface area contributed by atoms with Crippen molar-refractivity contribution in [2.24, 2.45) is 4.99 Å². The monoisotopic (exact) mass is 259 g/mol. The largest absolute Gasteiger partial charge is 0.293 e. The highest BCUT2D eigenvalue weighted by molar-refractivity contribution is 5.94. The van der Waals surface area contributed by atoms with Gasteiger partial charge >= 0.3 is 0 Å². The number of allylic oxidation sites excluding steroid dienone is 8. The van der Waals surface area contributed by atoms with Gasteiger partial charge < -0.3 is 0 Å². The first-order valence-electron chi connectivity index (χ1n) is 7.23. The molecular formula is C18H29N. The normalized spacial score (nSPS) is 15.5. The first-order chi connectivity index (χ1) is 9.08. The van der Waals surface area contributed by atoms with E-state index in [1.807, 2.05) is 20.9 Å². The minimum Gasteiger partial charge on any atom is -0.293 e. The van der Waals surface area contributed by atoms with Crippen LogP contribution in [0.3, 0.4) is 0 Å². The zero-order valence-corrected chi connectivity index (χ0v) is 13.5. The second kappa shape index (κ2) is 10.5. The van der Waals surface area contributed by atoms with Gasteiger partial charge in [0.1, 0.15) is 0 Å². The Bertz CT molecular complexity index is 403. The minimum atomic E-state index is 1.02. The van der Waals surface area contributed by atoms with Crippen LogP contribution in [0.25, 0.3) is 0 Å². The molecule has 0 heterocycles. The fourth-order valence-electron chi connectivity index (χ4n) is 1.89. The lowest BCUT2D eigenvalue weighted by molar-refractivity contribution is 0.903. The van der Waals surface area contributed by atoms with Gasteiger partial charge in [-0.15, -0.1) is 0 Å². The summed E-state index contributed by atoms with van der Waals surface area (Å²) in [6.07, 6.45) is 14.2. The van der Waals surface area contributed by atoms with Gasteiger partial charge in [-0.3, -0.25) is 4.99 Å². The topological polar surface area (TPSA) is 12.4 Å². The first-order valence-corrected chi connectivity index (χ1v) is 7.23. The quantitative estimate of drug-likeness (QED) is 0.413. The van der Waals surface area contributed by atoms with Crippen LogP contribution >= 0.6 is 0 Å². The van der Waals surface area contributed by atoms with Crippen LogP contribution in [0, 0.1) is 0 Å². The van der Waals surface area contributed by atoms with E-state index in [1.54, 1.807) is 0 Å². The molecule has 0 aromatic carbocycles. The Labute approximate surface area is 119 Å². The van der Waals surface area contributed by atoms with Crippen molar-refractivity contribution in [3.8, 4) is 0 Å². The van der Waals surface area contributed by atoms with Gasteiger partial charge in [0.25, 0.3) is 0 Å². The van der Waals surface area contributed by atoms with E-state index in [2.05, 4.69) is 56.1 Å². The standard InChI is InChI=1S/C18H29N/c1-7-10-12-18(13-15(4)11-8-2)17(9-3)14-16(5)19-6/h7,10,12-14H,8-9,11H2,1-6H3/b10-7-,15-13+,17-14+,18-12+,19-16?. The predicted molar refractivity (Wildman–Crippen MR) is 89.0 cm³/mol. The Hall–Kier alpha value is -1.37. The Morgan fingerprint density at radius 1 is 1.11 bits per heavy atom. The summed E-state index contributed by atoms with van der Waals surface area (Å²) in [4.78, 5) is 4.23. The third-order valence-corrected chi connectivity index (χ3v) is 3.00. The number of hydrogen-bond acceptors (Lipinski definition) is 1. The van der Waals surface area contributed by atoms with Crippen molar-refractivity contribution in [2.45, 2.75) is 53.9 Å². The lowest BCUT2D eigenvalue weighted by Crippen LogP contribution is -1.93. The van der Waals surface area contributed by atoms with Crippen molar-refractivity contribution < 1.29 is 0 Å². The molecule has 0 aliphatic rings. The molecule has 0 unspecified atom stereocenters. The van der Waals surface area contributed by atoms with Crippen LogP contribution in [0.4, 0.5) is 0 Å². The molecule has 0 atom stereocenters. The fourth-order valence-corrected chi connectivity index (χ4v) is 1.89. The molecule has 0 saturated carbocycles. The molecule has 0 aromatic rings. The Balaban J connectivity index is 5.46. The van der Waals surface area contributed by atoms with Crippen molar-refractivity contribution >= 4 is 5.71 Å². The first kappa shape index (κ1) is 17.6. The van der Waals surface area contributed by atoms with E-state index < -0.39 is 0 Å². The van der Waals surface area contributed by atoms with Crippen LogP contribution in [-0.2, 0) is 0 Å². The van der Waals surface area contributed by atoms with Gasteiger partial charge in [-0.1, -0.05) is 50.1 Å². The maximum Gasteiger partial charge on any atom is 0.0316 e. The van der Waals surface area contributed by atoms with Gasteiger partial charge in [0.05, 0.1) is 0 Å². The van der Waals surface area contributed by atoms with Gasteiger partial charge in [0.2, 0.25) is 0 Å². The zero-order valence-electron chi connectivity index (χ0n) is 13.5. The minimum absolute atomic E-state index is 1.02. The summed E-state index contributed by atoms with van der Waals surface area (Å²) in [7, 11) is 1.84. The number of aliphatic imine (C=N–C) groups is 1. The maximum absolute atomic E-state index is 4.23. The highest BCUT2D eigenvalue weighted by atomic mass is 14.7. The molecule has 0 radical (unpaired) electrons. The number of rotatable bonds is 7. The van der Waals surface area contributed by atoms with E-state index in [0.29, 0.717) is 0 Å². The molecule has 1 nitrogen and oxygen atoms in total. The summed E-state index contributed by atoms with van der Waals surface area (Å²) < 4.78 is 0. The maximum atomic E-state index is 4.23. The SMILES string of the molecule is C\C=C/C=C(\C=C(/C)CCC)C(=C/C(C)=NC)/CC. The molecular weight excluding hydrogens is 230 g/mol. The Morgan fingerprint density at radius 2 is 1.79 bits per heavy atom. The molecule has 0 aliphatic carbocycles. The van der Waals surface area contributed by atoms with E-state index in [-0.39, 0.29) is 0 Å². The van der Waals surface area contributed by atoms with Crippen LogP contribution in [-0.4, -0.2) is 12.8 Å². The van der Waals surface area contributed by atoms with Crippen LogP contribution < -0.4 is 0 Å². The third-order valence-electron chi connectivity index (χ3n) is 3.00. The highest BCUT2D eigenvalue weighted by Crippen LogP contribution is 2.19. The predicted octanol–water partition coefficient (Wildman–Crippen LogP) is 5.66. The van der Waals surface area contributed by atoms with Crippen molar-refractivity contribution in [3.05, 3.63) is 47.1 Å². The molecule has 0 spiro atoms. The smallest absolute Gasteiger partial charge is 0.0316 e. The zero-order chi connectivity index (χ0) is 14.7. The van der Waals surface area contributed by atoms with Gasteiger partial charge in [0.15, 0.2) is 0 Å². The second-order valence-electron chi connectivity index (χ2n) is 4.78. The molecule has 0 N–H and O–H groups in total. The molecule has 106 valence electrons. The molecule has 0 aromatic heterocycles. The fraction of sp³-hybridized carbons (Fsp3) is 0.500. The molecule has 0 saturated heterocycles. The van der Waals surface area contributed by atoms with Gasteiger partial charge in [0, 0.05) is 12.8 Å². The highest BCUT2D eigenvalue weighted by Gasteiger charge is 2.01. The summed E-state index contributed by atoms with van der Waals surface area (Å²) in [5.74, 6) is 0. The summed E-state index contributed by atoms with van der Waals surface area (Å²) >= 11 is 0. The van der Waals surface area contributed by atoms with Gasteiger partial charge in [-0.2, -0.15) is 0 Å². The molecule has 0 amide bonds. The molecule has 19 heavy (non-hydrogen) atoms. The lowest BCUT2D eigenvalue weighted by Gasteiger charge is -2.08. The van der Waals surface area contributed by atoms with E-state index in [0.717, 1.165) is 18.6 Å². The molecule has 0 fully saturated rings. The van der Waals surface area contributed by atoms with Crippen molar-refractivity contribution in [3.63, 3.8) is 0 Å². The molecule has 0 aliphatic heterocycles. The lowest BCUT2D eigenvalue weighted by atomic mass is 9.98. The van der Waals surface area contributed by atoms with Crippen molar-refractivity contribution in [2.75, 3.05) is 7.05 Å². The van der Waals surface area contributed by atoms with E-state index in [9.17, 15) is 0 Å². The Kier molecular flexibility index (Phi) is 9.78. The van der Waals surface area contributed by atoms with E-state index in [4.69, 9.17) is 0 Å². The summed E-state index contributed by atoms with van der Waals surface area (Å²) in [5.41, 5.74) is 5.15.